The van der Waals surface area contributed by atoms with Gasteiger partial charge in [0.25, 0.3) is 5.91 Å². The number of hydrogen-bond acceptors (Lipinski definition) is 3. The summed E-state index contributed by atoms with van der Waals surface area (Å²) in [7, 11) is 2.00. The molecular formula is C19H27IN4O2. The van der Waals surface area contributed by atoms with Gasteiger partial charge in [0.2, 0.25) is 0 Å². The zero-order valence-corrected chi connectivity index (χ0v) is 17.8. The van der Waals surface area contributed by atoms with Crippen LogP contribution in [-0.2, 0) is 6.54 Å². The van der Waals surface area contributed by atoms with Crippen LogP contribution in [0.5, 0.6) is 0 Å². The van der Waals surface area contributed by atoms with Crippen molar-refractivity contribution in [2.24, 2.45) is 4.99 Å². The van der Waals surface area contributed by atoms with Crippen molar-refractivity contribution in [3.05, 3.63) is 59.5 Å². The van der Waals surface area contributed by atoms with Crippen molar-refractivity contribution in [1.82, 2.24) is 15.5 Å². The number of furan rings is 1. The number of aliphatic imine (C=N–C) groups is 1. The van der Waals surface area contributed by atoms with E-state index in [1.54, 1.807) is 12.1 Å². The Balaban J connectivity index is 0.00000338. The average Bonchev–Trinajstić information content (AvgIpc) is 3.14. The fourth-order valence-electron chi connectivity index (χ4n) is 2.34. The second-order valence-electron chi connectivity index (χ2n) is 5.81. The smallest absolute Gasteiger partial charge is 0.287 e. The van der Waals surface area contributed by atoms with E-state index < -0.39 is 0 Å². The number of nitrogens with zero attached hydrogens (tertiary/aromatic N) is 2. The first kappa shape index (κ1) is 22.0. The van der Waals surface area contributed by atoms with E-state index in [1.807, 2.05) is 14.0 Å². The summed E-state index contributed by atoms with van der Waals surface area (Å²) in [6, 6.07) is 11.8. The summed E-state index contributed by atoms with van der Waals surface area (Å²) < 4.78 is 5.06. The van der Waals surface area contributed by atoms with E-state index in [4.69, 9.17) is 4.42 Å². The highest BCUT2D eigenvalue weighted by atomic mass is 127. The molecule has 0 aliphatic rings. The molecule has 26 heavy (non-hydrogen) atoms. The molecule has 7 heteroatoms. The molecule has 0 aliphatic heterocycles. The van der Waals surface area contributed by atoms with Gasteiger partial charge in [0.05, 0.1) is 12.8 Å². The van der Waals surface area contributed by atoms with E-state index in [-0.39, 0.29) is 29.9 Å². The zero-order chi connectivity index (χ0) is 18.1. The summed E-state index contributed by atoms with van der Waals surface area (Å²) >= 11 is 0. The predicted molar refractivity (Wildman–Crippen MR) is 115 cm³/mol. The minimum absolute atomic E-state index is 0. The highest BCUT2D eigenvalue weighted by molar-refractivity contribution is 14.0. The molecule has 0 aliphatic carbocycles. The molecule has 0 saturated heterocycles. The Kier molecular flexibility index (Phi) is 9.79. The largest absolute Gasteiger partial charge is 0.459 e. The van der Waals surface area contributed by atoms with Crippen LogP contribution in [-0.4, -0.2) is 43.4 Å². The van der Waals surface area contributed by atoms with Gasteiger partial charge >= 0.3 is 0 Å². The molecule has 1 aromatic carbocycles. The van der Waals surface area contributed by atoms with Crippen LogP contribution in [0.2, 0.25) is 0 Å². The molecule has 2 aromatic rings. The molecular weight excluding hydrogens is 443 g/mol. The van der Waals surface area contributed by atoms with E-state index in [9.17, 15) is 4.79 Å². The van der Waals surface area contributed by atoms with E-state index in [0.29, 0.717) is 18.8 Å². The van der Waals surface area contributed by atoms with Crippen molar-refractivity contribution in [2.45, 2.75) is 20.4 Å². The van der Waals surface area contributed by atoms with Crippen LogP contribution in [0.25, 0.3) is 0 Å². The quantitative estimate of drug-likeness (QED) is 0.283. The molecule has 2 rings (SSSR count). The molecule has 0 bridgehead atoms. The second kappa shape index (κ2) is 11.6. The van der Waals surface area contributed by atoms with Crippen molar-refractivity contribution in [2.75, 3.05) is 26.7 Å². The van der Waals surface area contributed by atoms with Gasteiger partial charge < -0.3 is 20.0 Å². The molecule has 0 atom stereocenters. The summed E-state index contributed by atoms with van der Waals surface area (Å²) in [5.41, 5.74) is 2.48. The van der Waals surface area contributed by atoms with Gasteiger partial charge in [0.15, 0.2) is 11.7 Å². The number of guanidine groups is 1. The van der Waals surface area contributed by atoms with Crippen LogP contribution in [0.4, 0.5) is 0 Å². The summed E-state index contributed by atoms with van der Waals surface area (Å²) in [5, 5.41) is 6.07. The third kappa shape index (κ3) is 7.07. The van der Waals surface area contributed by atoms with Crippen molar-refractivity contribution in [1.29, 1.82) is 0 Å². The Bertz CT molecular complexity index is 684. The molecule has 1 aromatic heterocycles. The first-order valence-corrected chi connectivity index (χ1v) is 8.47. The minimum Gasteiger partial charge on any atom is -0.459 e. The summed E-state index contributed by atoms with van der Waals surface area (Å²) in [6.07, 6.45) is 1.48. The molecule has 6 nitrogen and oxygen atoms in total. The molecule has 1 amide bonds. The first-order valence-electron chi connectivity index (χ1n) is 8.47. The molecule has 0 radical (unpaired) electrons. The maximum atomic E-state index is 11.8. The van der Waals surface area contributed by atoms with E-state index in [1.165, 1.54) is 17.4 Å². The number of hydrogen-bond donors (Lipinski definition) is 2. The molecule has 142 valence electrons. The maximum absolute atomic E-state index is 11.8. The third-order valence-corrected chi connectivity index (χ3v) is 3.64. The van der Waals surface area contributed by atoms with E-state index in [2.05, 4.69) is 51.7 Å². The van der Waals surface area contributed by atoms with Crippen molar-refractivity contribution in [3.63, 3.8) is 0 Å². The highest BCUT2D eigenvalue weighted by Gasteiger charge is 2.08. The zero-order valence-electron chi connectivity index (χ0n) is 15.5. The Labute approximate surface area is 172 Å². The van der Waals surface area contributed by atoms with Crippen LogP contribution >= 0.6 is 24.0 Å². The fourth-order valence-corrected chi connectivity index (χ4v) is 2.34. The van der Waals surface area contributed by atoms with Crippen LogP contribution < -0.4 is 10.6 Å². The molecule has 0 fully saturated rings. The normalized spacial score (nSPS) is 10.8. The maximum Gasteiger partial charge on any atom is 0.287 e. The number of carbonyl (C=O) groups is 1. The van der Waals surface area contributed by atoms with Crippen LogP contribution in [0, 0.1) is 6.92 Å². The van der Waals surface area contributed by atoms with Crippen molar-refractivity contribution in [3.8, 4) is 0 Å². The molecule has 1 heterocycles. The first-order chi connectivity index (χ1) is 12.1. The Hall–Kier alpha value is -2.03. The van der Waals surface area contributed by atoms with Crippen LogP contribution in [0.15, 0.2) is 52.1 Å². The molecule has 0 spiro atoms. The number of amides is 1. The van der Waals surface area contributed by atoms with Gasteiger partial charge in [-0.1, -0.05) is 29.8 Å². The topological polar surface area (TPSA) is 69.9 Å². The van der Waals surface area contributed by atoms with E-state index in [0.717, 1.165) is 19.0 Å². The minimum atomic E-state index is -0.224. The van der Waals surface area contributed by atoms with Gasteiger partial charge in [-0.25, -0.2) is 0 Å². The number of aryl methyl sites for hydroxylation is 1. The Morgan fingerprint density at radius 1 is 1.19 bits per heavy atom. The summed E-state index contributed by atoms with van der Waals surface area (Å²) in [4.78, 5) is 18.4. The highest BCUT2D eigenvalue weighted by Crippen LogP contribution is 2.06. The lowest BCUT2D eigenvalue weighted by atomic mass is 10.1. The third-order valence-electron chi connectivity index (χ3n) is 3.64. The lowest BCUT2D eigenvalue weighted by molar-refractivity contribution is 0.0927. The monoisotopic (exact) mass is 470 g/mol. The molecule has 2 N–H and O–H groups in total. The number of halogens is 1. The van der Waals surface area contributed by atoms with Gasteiger partial charge in [-0.05, 0) is 31.5 Å². The number of nitrogens with one attached hydrogen (secondary N) is 2. The number of carbonyl (C=O) groups excluding carboxylic acids is 1. The number of rotatable bonds is 7. The van der Waals surface area contributed by atoms with E-state index >= 15 is 0 Å². The predicted octanol–water partition coefficient (Wildman–Crippen LogP) is 3.03. The second-order valence-corrected chi connectivity index (χ2v) is 5.81. The summed E-state index contributed by atoms with van der Waals surface area (Å²) in [5.74, 6) is 0.904. The van der Waals surface area contributed by atoms with Gasteiger partial charge in [-0.15, -0.1) is 24.0 Å². The lowest BCUT2D eigenvalue weighted by Crippen LogP contribution is -2.39. The van der Waals surface area contributed by atoms with Gasteiger partial charge in [-0.2, -0.15) is 0 Å². The van der Waals surface area contributed by atoms with Gasteiger partial charge in [0.1, 0.15) is 0 Å². The Morgan fingerprint density at radius 2 is 1.92 bits per heavy atom. The lowest BCUT2D eigenvalue weighted by Gasteiger charge is -2.22. The standard InChI is InChI=1S/C19H26N4O2.HI/c1-4-20-19(23(3)14-16-9-7-15(2)8-10-16)22-12-11-21-18(24)17-6-5-13-25-17;/h5-10,13H,4,11-12,14H2,1-3H3,(H,20,22)(H,21,24);1H. The van der Waals surface area contributed by atoms with Gasteiger partial charge in [0, 0.05) is 26.7 Å². The number of benzene rings is 1. The fraction of sp³-hybridized carbons (Fsp3) is 0.368. The van der Waals surface area contributed by atoms with Crippen LogP contribution in [0.1, 0.15) is 28.6 Å². The Morgan fingerprint density at radius 3 is 2.54 bits per heavy atom. The van der Waals surface area contributed by atoms with Crippen LogP contribution in [0.3, 0.4) is 0 Å². The molecule has 0 unspecified atom stereocenters. The van der Waals surface area contributed by atoms with Crippen molar-refractivity contribution >= 4 is 35.8 Å². The molecule has 0 saturated carbocycles. The average molecular weight is 470 g/mol. The summed E-state index contributed by atoms with van der Waals surface area (Å²) in [6.45, 7) is 6.62. The van der Waals surface area contributed by atoms with Crippen molar-refractivity contribution < 1.29 is 9.21 Å². The van der Waals surface area contributed by atoms with Gasteiger partial charge in [-0.3, -0.25) is 9.79 Å². The SMILES string of the molecule is CCNC(=NCCNC(=O)c1ccco1)N(C)Cc1ccc(C)cc1.I.